The number of carbonyl (C=O) groups is 2. The zero-order chi connectivity index (χ0) is 23.2. The van der Waals surface area contributed by atoms with Crippen molar-refractivity contribution in [2.45, 2.75) is 13.5 Å². The van der Waals surface area contributed by atoms with E-state index < -0.39 is 5.97 Å². The summed E-state index contributed by atoms with van der Waals surface area (Å²) in [6.45, 7) is 1.81. The van der Waals surface area contributed by atoms with Crippen LogP contribution in [-0.4, -0.2) is 30.6 Å². The number of aromatic nitrogens is 1. The Balaban J connectivity index is 1.50. The van der Waals surface area contributed by atoms with Crippen molar-refractivity contribution >= 4 is 22.8 Å². The van der Waals surface area contributed by atoms with Crippen LogP contribution in [0.25, 0.3) is 22.2 Å². The zero-order valence-corrected chi connectivity index (χ0v) is 18.5. The molecule has 1 heterocycles. The summed E-state index contributed by atoms with van der Waals surface area (Å²) in [6.07, 6.45) is 0. The lowest BCUT2D eigenvalue weighted by Gasteiger charge is -2.14. The zero-order valence-electron chi connectivity index (χ0n) is 18.5. The number of para-hydroxylation sites is 1. The van der Waals surface area contributed by atoms with Crippen molar-refractivity contribution in [2.24, 2.45) is 0 Å². The topological polar surface area (TPSA) is 77.5 Å². The number of amides is 1. The molecule has 0 radical (unpaired) electrons. The van der Waals surface area contributed by atoms with E-state index in [0.717, 1.165) is 16.9 Å². The predicted molar refractivity (Wildman–Crippen MR) is 127 cm³/mol. The highest BCUT2D eigenvalue weighted by Crippen LogP contribution is 2.30. The van der Waals surface area contributed by atoms with Crippen molar-refractivity contribution in [3.63, 3.8) is 0 Å². The van der Waals surface area contributed by atoms with Gasteiger partial charge < -0.3 is 14.8 Å². The number of benzene rings is 3. The number of nitrogens with one attached hydrogen (secondary N) is 1. The van der Waals surface area contributed by atoms with Crippen molar-refractivity contribution in [2.75, 3.05) is 13.7 Å². The van der Waals surface area contributed by atoms with Gasteiger partial charge in [0.25, 0.3) is 5.91 Å². The smallest absolute Gasteiger partial charge is 0.339 e. The number of fused-ring (bicyclic) bond motifs is 1. The summed E-state index contributed by atoms with van der Waals surface area (Å²) in [5, 5.41) is 3.46. The first-order valence-corrected chi connectivity index (χ1v) is 10.6. The van der Waals surface area contributed by atoms with Crippen molar-refractivity contribution in [1.82, 2.24) is 10.3 Å². The number of ether oxygens (including phenoxy) is 2. The summed E-state index contributed by atoms with van der Waals surface area (Å²) in [7, 11) is 1.60. The summed E-state index contributed by atoms with van der Waals surface area (Å²) in [5.41, 5.74) is 4.36. The van der Waals surface area contributed by atoms with Gasteiger partial charge in [-0.3, -0.25) is 4.79 Å². The molecule has 0 saturated carbocycles. The van der Waals surface area contributed by atoms with Crippen molar-refractivity contribution < 1.29 is 19.1 Å². The first-order valence-electron chi connectivity index (χ1n) is 10.6. The Kier molecular flexibility index (Phi) is 6.64. The van der Waals surface area contributed by atoms with Crippen LogP contribution in [0.5, 0.6) is 5.75 Å². The molecule has 4 aromatic rings. The highest BCUT2D eigenvalue weighted by atomic mass is 16.5. The Morgan fingerprint density at radius 3 is 2.33 bits per heavy atom. The molecule has 1 amide bonds. The van der Waals surface area contributed by atoms with E-state index in [0.29, 0.717) is 34.3 Å². The fourth-order valence-corrected chi connectivity index (χ4v) is 3.65. The first-order chi connectivity index (χ1) is 16.1. The van der Waals surface area contributed by atoms with Crippen LogP contribution in [-0.2, 0) is 16.1 Å². The van der Waals surface area contributed by atoms with Crippen LogP contribution in [0.4, 0.5) is 0 Å². The lowest BCUT2D eigenvalue weighted by Crippen LogP contribution is -2.28. The lowest BCUT2D eigenvalue weighted by molar-refractivity contribution is -0.124. The Bertz CT molecular complexity index is 1290. The average molecular weight is 440 g/mol. The van der Waals surface area contributed by atoms with Crippen molar-refractivity contribution in [3.8, 4) is 17.0 Å². The predicted octanol–water partition coefficient (Wildman–Crippen LogP) is 4.69. The molecule has 4 rings (SSSR count). The van der Waals surface area contributed by atoms with Crippen LogP contribution < -0.4 is 10.1 Å². The number of pyridine rings is 1. The largest absolute Gasteiger partial charge is 0.497 e. The molecule has 33 heavy (non-hydrogen) atoms. The van der Waals surface area contributed by atoms with Crippen LogP contribution in [0, 0.1) is 6.92 Å². The van der Waals surface area contributed by atoms with Gasteiger partial charge in [-0.1, -0.05) is 60.7 Å². The number of nitrogens with zero attached hydrogens (tertiary/aromatic N) is 1. The van der Waals surface area contributed by atoms with Gasteiger partial charge in [0, 0.05) is 17.5 Å². The molecule has 3 aromatic carbocycles. The third kappa shape index (κ3) is 5.01. The number of esters is 1. The number of hydrogen-bond donors (Lipinski definition) is 1. The van der Waals surface area contributed by atoms with E-state index in [1.165, 1.54) is 0 Å². The van der Waals surface area contributed by atoms with E-state index in [1.807, 2.05) is 85.8 Å². The molecule has 6 heteroatoms. The lowest BCUT2D eigenvalue weighted by atomic mass is 9.98. The summed E-state index contributed by atoms with van der Waals surface area (Å²) < 4.78 is 10.5. The molecule has 0 spiro atoms. The van der Waals surface area contributed by atoms with Gasteiger partial charge in [0.05, 0.1) is 23.9 Å². The van der Waals surface area contributed by atoms with Gasteiger partial charge in [-0.05, 0) is 36.2 Å². The second kappa shape index (κ2) is 9.96. The second-order valence-electron chi connectivity index (χ2n) is 7.54. The van der Waals surface area contributed by atoms with Gasteiger partial charge in [-0.25, -0.2) is 9.78 Å². The highest BCUT2D eigenvalue weighted by molar-refractivity contribution is 6.06. The van der Waals surface area contributed by atoms with Gasteiger partial charge in [0.15, 0.2) is 6.61 Å². The maximum Gasteiger partial charge on any atom is 0.339 e. The Morgan fingerprint density at radius 1 is 0.909 bits per heavy atom. The van der Waals surface area contributed by atoms with Crippen molar-refractivity contribution in [3.05, 3.63) is 95.6 Å². The van der Waals surface area contributed by atoms with E-state index in [2.05, 4.69) is 5.32 Å². The third-order valence-corrected chi connectivity index (χ3v) is 5.37. The molecule has 0 aliphatic heterocycles. The molecular weight excluding hydrogens is 416 g/mol. The minimum atomic E-state index is -0.553. The maximum absolute atomic E-state index is 13.1. The quantitative estimate of drug-likeness (QED) is 0.422. The van der Waals surface area contributed by atoms with Crippen LogP contribution in [0.15, 0.2) is 78.9 Å². The molecular formula is C27H24N2O4. The standard InChI is InChI=1S/C27H24N2O4/c1-18-25(22-10-6-7-11-23(22)29-26(18)20-8-4-3-5-9-20)27(31)33-17-24(30)28-16-19-12-14-21(32-2)15-13-19/h3-15H,16-17H2,1-2H3,(H,28,30). The Hall–Kier alpha value is -4.19. The molecule has 0 aliphatic carbocycles. The number of hydrogen-bond acceptors (Lipinski definition) is 5. The van der Waals surface area contributed by atoms with Crippen molar-refractivity contribution in [1.29, 1.82) is 0 Å². The van der Waals surface area contributed by atoms with E-state index in [1.54, 1.807) is 7.11 Å². The summed E-state index contributed by atoms with van der Waals surface area (Å²) >= 11 is 0. The van der Waals surface area contributed by atoms with Crippen LogP contribution in [0.3, 0.4) is 0 Å². The summed E-state index contributed by atoms with van der Waals surface area (Å²) in [6, 6.07) is 24.5. The normalized spacial score (nSPS) is 10.6. The van der Waals surface area contributed by atoms with Gasteiger partial charge in [0.1, 0.15) is 5.75 Å². The molecule has 0 fully saturated rings. The molecule has 1 N–H and O–H groups in total. The van der Waals surface area contributed by atoms with Crippen LogP contribution in [0.1, 0.15) is 21.5 Å². The van der Waals surface area contributed by atoms with Gasteiger partial charge in [0.2, 0.25) is 0 Å². The van der Waals surface area contributed by atoms with Gasteiger partial charge in [-0.15, -0.1) is 0 Å². The SMILES string of the molecule is COc1ccc(CNC(=O)COC(=O)c2c(C)c(-c3ccccc3)nc3ccccc23)cc1. The Labute approximate surface area is 192 Å². The third-order valence-electron chi connectivity index (χ3n) is 5.37. The summed E-state index contributed by atoms with van der Waals surface area (Å²) in [5.74, 6) is -0.185. The molecule has 0 atom stereocenters. The van der Waals surface area contributed by atoms with E-state index in [9.17, 15) is 9.59 Å². The van der Waals surface area contributed by atoms with Gasteiger partial charge >= 0.3 is 5.97 Å². The molecule has 1 aromatic heterocycles. The molecule has 0 unspecified atom stereocenters. The fraction of sp³-hybridized carbons (Fsp3) is 0.148. The van der Waals surface area contributed by atoms with Gasteiger partial charge in [-0.2, -0.15) is 0 Å². The fourth-order valence-electron chi connectivity index (χ4n) is 3.65. The van der Waals surface area contributed by atoms with E-state index in [-0.39, 0.29) is 12.5 Å². The number of rotatable bonds is 7. The summed E-state index contributed by atoms with van der Waals surface area (Å²) in [4.78, 5) is 30.1. The van der Waals surface area contributed by atoms with Crippen LogP contribution in [0.2, 0.25) is 0 Å². The molecule has 0 bridgehead atoms. The van der Waals surface area contributed by atoms with E-state index in [4.69, 9.17) is 14.5 Å². The Morgan fingerprint density at radius 2 is 1.61 bits per heavy atom. The van der Waals surface area contributed by atoms with Crippen LogP contribution >= 0.6 is 0 Å². The second-order valence-corrected chi connectivity index (χ2v) is 7.54. The minimum Gasteiger partial charge on any atom is -0.497 e. The maximum atomic E-state index is 13.1. The number of methoxy groups -OCH3 is 1. The monoisotopic (exact) mass is 440 g/mol. The molecule has 166 valence electrons. The molecule has 0 saturated heterocycles. The first kappa shape index (κ1) is 22.0. The molecule has 6 nitrogen and oxygen atoms in total. The van der Waals surface area contributed by atoms with E-state index >= 15 is 0 Å². The minimum absolute atomic E-state index is 0.329. The average Bonchev–Trinajstić information content (AvgIpc) is 2.86. The highest BCUT2D eigenvalue weighted by Gasteiger charge is 2.20. The number of carbonyl (C=O) groups excluding carboxylic acids is 2. The molecule has 0 aliphatic rings.